The minimum atomic E-state index is -0.993. The van der Waals surface area contributed by atoms with Crippen molar-refractivity contribution in [1.29, 1.82) is 0 Å². The summed E-state index contributed by atoms with van der Waals surface area (Å²) < 4.78 is 6.56. The Labute approximate surface area is 172 Å². The number of aliphatic hydroxyl groups is 1. The van der Waals surface area contributed by atoms with Crippen molar-refractivity contribution >= 4 is 17.7 Å². The molecular weight excluding hydrogens is 374 g/mol. The van der Waals surface area contributed by atoms with Gasteiger partial charge in [-0.1, -0.05) is 27.2 Å². The first-order chi connectivity index (χ1) is 13.9. The molecule has 3 aliphatic heterocycles. The normalized spacial score (nSPS) is 35.1. The van der Waals surface area contributed by atoms with Crippen LogP contribution in [0.3, 0.4) is 0 Å². The lowest BCUT2D eigenvalue weighted by atomic mass is 9.65. The first kappa shape index (κ1) is 22.0. The van der Waals surface area contributed by atoms with E-state index >= 15 is 0 Å². The summed E-state index contributed by atoms with van der Waals surface area (Å²) in [7, 11) is 0. The summed E-state index contributed by atoms with van der Waals surface area (Å²) in [6.45, 7) is 6.91. The molecule has 2 bridgehead atoms. The van der Waals surface area contributed by atoms with E-state index in [0.29, 0.717) is 32.4 Å². The topological polar surface area (TPSA) is 108 Å². The van der Waals surface area contributed by atoms with Crippen LogP contribution in [0.1, 0.15) is 59.3 Å². The molecular formula is C21H35N3O5. The van der Waals surface area contributed by atoms with Gasteiger partial charge in [0.05, 0.1) is 24.0 Å². The third-order valence-corrected chi connectivity index (χ3v) is 6.93. The van der Waals surface area contributed by atoms with Crippen LogP contribution in [-0.2, 0) is 19.1 Å². The van der Waals surface area contributed by atoms with Gasteiger partial charge in [0.1, 0.15) is 11.6 Å². The summed E-state index contributed by atoms with van der Waals surface area (Å²) in [6, 6.07) is -0.804. The number of rotatable bonds is 10. The zero-order valence-electron chi connectivity index (χ0n) is 17.8. The highest BCUT2D eigenvalue weighted by Gasteiger charge is 2.78. The molecule has 3 saturated heterocycles. The minimum Gasteiger partial charge on any atom is -0.395 e. The molecule has 3 aliphatic rings. The zero-order valence-corrected chi connectivity index (χ0v) is 17.8. The molecule has 3 N–H and O–H groups in total. The first-order valence-corrected chi connectivity index (χ1v) is 11.1. The van der Waals surface area contributed by atoms with Gasteiger partial charge in [-0.25, -0.2) is 0 Å². The minimum absolute atomic E-state index is 0.0642. The van der Waals surface area contributed by atoms with Gasteiger partial charge in [-0.2, -0.15) is 0 Å². The van der Waals surface area contributed by atoms with Crippen molar-refractivity contribution in [1.82, 2.24) is 15.5 Å². The largest absolute Gasteiger partial charge is 0.395 e. The number of carbonyl (C=O) groups excluding carboxylic acids is 3. The smallest absolute Gasteiger partial charge is 0.245 e. The molecule has 3 amide bonds. The van der Waals surface area contributed by atoms with Crippen LogP contribution in [0.15, 0.2) is 0 Å². The van der Waals surface area contributed by atoms with Crippen LogP contribution >= 0.6 is 0 Å². The molecule has 2 unspecified atom stereocenters. The van der Waals surface area contributed by atoms with Crippen molar-refractivity contribution in [3.8, 4) is 0 Å². The molecule has 3 rings (SSSR count). The fourth-order valence-corrected chi connectivity index (χ4v) is 5.61. The average molecular weight is 410 g/mol. The van der Waals surface area contributed by atoms with Crippen molar-refractivity contribution in [3.05, 3.63) is 0 Å². The summed E-state index contributed by atoms with van der Waals surface area (Å²) in [5.41, 5.74) is -1.70. The summed E-state index contributed by atoms with van der Waals surface area (Å²) in [5, 5.41) is 15.4. The Morgan fingerprint density at radius 3 is 2.48 bits per heavy atom. The number of nitrogens with zero attached hydrogens (tertiary/aromatic N) is 1. The molecule has 0 aliphatic carbocycles. The number of likely N-dealkylation sites (tertiary alicyclic amines) is 1. The van der Waals surface area contributed by atoms with E-state index in [0.717, 1.165) is 19.3 Å². The van der Waals surface area contributed by atoms with Crippen LogP contribution in [0, 0.1) is 11.8 Å². The SMILES string of the molecule is CCCCNC(=O)C1N(CCO)C(=O)[C@@H]2[C@H](C(=O)NCCC)[C@]3(CC)CCC12O3. The maximum absolute atomic E-state index is 13.4. The van der Waals surface area contributed by atoms with E-state index in [1.165, 1.54) is 4.90 Å². The van der Waals surface area contributed by atoms with Crippen LogP contribution in [0.25, 0.3) is 0 Å². The van der Waals surface area contributed by atoms with Gasteiger partial charge in [0.15, 0.2) is 0 Å². The van der Waals surface area contributed by atoms with E-state index in [2.05, 4.69) is 10.6 Å². The lowest BCUT2D eigenvalue weighted by molar-refractivity contribution is -0.148. The Morgan fingerprint density at radius 2 is 1.86 bits per heavy atom. The van der Waals surface area contributed by atoms with Crippen LogP contribution in [0.4, 0.5) is 0 Å². The first-order valence-electron chi connectivity index (χ1n) is 11.1. The van der Waals surface area contributed by atoms with Crippen LogP contribution in [-0.4, -0.2) is 71.2 Å². The highest BCUT2D eigenvalue weighted by molar-refractivity contribution is 5.99. The number of ether oxygens (including phenoxy) is 1. The quantitative estimate of drug-likeness (QED) is 0.458. The van der Waals surface area contributed by atoms with Crippen molar-refractivity contribution in [3.63, 3.8) is 0 Å². The van der Waals surface area contributed by atoms with Gasteiger partial charge in [0.25, 0.3) is 0 Å². The number of carbonyl (C=O) groups is 3. The van der Waals surface area contributed by atoms with Gasteiger partial charge >= 0.3 is 0 Å². The summed E-state index contributed by atoms with van der Waals surface area (Å²) in [4.78, 5) is 41.1. The molecule has 29 heavy (non-hydrogen) atoms. The number of aliphatic hydroxyl groups excluding tert-OH is 1. The number of β-amino-alcohol motifs (C(OH)–C–C–N with tert-alkyl or cyclic N) is 1. The lowest BCUT2D eigenvalue weighted by Gasteiger charge is -2.33. The van der Waals surface area contributed by atoms with Gasteiger partial charge in [0, 0.05) is 19.6 Å². The molecule has 0 aromatic carbocycles. The Bertz CT molecular complexity index is 656. The van der Waals surface area contributed by atoms with Crippen molar-refractivity contribution in [2.75, 3.05) is 26.2 Å². The molecule has 0 radical (unpaired) electrons. The van der Waals surface area contributed by atoms with E-state index in [1.54, 1.807) is 0 Å². The summed E-state index contributed by atoms with van der Waals surface area (Å²) >= 11 is 0. The standard InChI is InChI=1S/C21H35N3O5/c1-4-7-11-23-18(27)16-21-9-8-20(6-3,29-21)14(17(26)22-10-5-2)15(21)19(28)24(16)12-13-25/h14-16,25H,4-13H2,1-3H3,(H,22,26)(H,23,27)/t14-,15+,16?,20+,21?/m1/s1. The second-order valence-corrected chi connectivity index (χ2v) is 8.52. The highest BCUT2D eigenvalue weighted by Crippen LogP contribution is 2.64. The predicted molar refractivity (Wildman–Crippen MR) is 107 cm³/mol. The van der Waals surface area contributed by atoms with Gasteiger partial charge in [-0.05, 0) is 32.1 Å². The number of hydrogen-bond acceptors (Lipinski definition) is 5. The van der Waals surface area contributed by atoms with Crippen molar-refractivity contribution in [2.45, 2.75) is 76.5 Å². The van der Waals surface area contributed by atoms with E-state index in [9.17, 15) is 19.5 Å². The summed E-state index contributed by atoms with van der Waals surface area (Å²) in [5.74, 6) is -1.94. The molecule has 0 aromatic rings. The summed E-state index contributed by atoms with van der Waals surface area (Å²) in [6.07, 6.45) is 4.46. The number of unbranched alkanes of at least 4 members (excludes halogenated alkanes) is 1. The highest BCUT2D eigenvalue weighted by atomic mass is 16.5. The van der Waals surface area contributed by atoms with Gasteiger partial charge in [0.2, 0.25) is 17.7 Å². The molecule has 0 aromatic heterocycles. The third kappa shape index (κ3) is 3.34. The molecule has 3 heterocycles. The van der Waals surface area contributed by atoms with E-state index in [1.807, 2.05) is 20.8 Å². The van der Waals surface area contributed by atoms with E-state index in [-0.39, 0.29) is 30.9 Å². The fourth-order valence-electron chi connectivity index (χ4n) is 5.61. The second kappa shape index (κ2) is 8.60. The Balaban J connectivity index is 1.97. The van der Waals surface area contributed by atoms with E-state index in [4.69, 9.17) is 4.74 Å². The molecule has 1 spiro atoms. The fraction of sp³-hybridized carbons (Fsp3) is 0.857. The van der Waals surface area contributed by atoms with Crippen LogP contribution in [0.2, 0.25) is 0 Å². The predicted octanol–water partition coefficient (Wildman–Crippen LogP) is 0.576. The molecule has 8 heteroatoms. The maximum atomic E-state index is 13.4. The molecule has 8 nitrogen and oxygen atoms in total. The maximum Gasteiger partial charge on any atom is 0.245 e. The van der Waals surface area contributed by atoms with Crippen molar-refractivity contribution < 1.29 is 24.2 Å². The Morgan fingerprint density at radius 1 is 1.14 bits per heavy atom. The van der Waals surface area contributed by atoms with Crippen molar-refractivity contribution in [2.24, 2.45) is 11.8 Å². The van der Waals surface area contributed by atoms with Gasteiger partial charge in [-0.15, -0.1) is 0 Å². The second-order valence-electron chi connectivity index (χ2n) is 8.52. The Hall–Kier alpha value is -1.67. The number of amides is 3. The number of hydrogen-bond donors (Lipinski definition) is 3. The lowest BCUT2D eigenvalue weighted by Crippen LogP contribution is -2.55. The van der Waals surface area contributed by atoms with Gasteiger partial charge in [-0.3, -0.25) is 14.4 Å². The van der Waals surface area contributed by atoms with Gasteiger partial charge < -0.3 is 25.4 Å². The number of nitrogens with one attached hydrogen (secondary N) is 2. The Kier molecular flexibility index (Phi) is 6.53. The molecule has 5 atom stereocenters. The number of fused-ring (bicyclic) bond motifs is 1. The molecule has 164 valence electrons. The molecule has 0 saturated carbocycles. The average Bonchev–Trinajstić information content (AvgIpc) is 3.31. The van der Waals surface area contributed by atoms with E-state index < -0.39 is 29.1 Å². The van der Waals surface area contributed by atoms with Crippen LogP contribution in [0.5, 0.6) is 0 Å². The third-order valence-electron chi connectivity index (χ3n) is 6.93. The monoisotopic (exact) mass is 409 g/mol. The zero-order chi connectivity index (χ0) is 21.2. The molecule has 3 fully saturated rings. The van der Waals surface area contributed by atoms with Crippen LogP contribution < -0.4 is 10.6 Å².